The van der Waals surface area contributed by atoms with Crippen LogP contribution in [0.15, 0.2) is 35.1 Å². The van der Waals surface area contributed by atoms with Crippen LogP contribution in [-0.4, -0.2) is 85.2 Å². The number of fused-ring (bicyclic) bond motifs is 3. The van der Waals surface area contributed by atoms with E-state index in [0.717, 1.165) is 0 Å². The third-order valence-electron chi connectivity index (χ3n) is 7.19. The zero-order chi connectivity index (χ0) is 23.9. The fourth-order valence-electron chi connectivity index (χ4n) is 5.76. The molecule has 1 saturated carbocycles. The van der Waals surface area contributed by atoms with E-state index in [2.05, 4.69) is 0 Å². The Morgan fingerprint density at radius 1 is 1.16 bits per heavy atom. The lowest BCUT2D eigenvalue weighted by atomic mass is 9.53. The number of phenolic OH excluding ortho intramolecular Hbond substituents is 1. The number of aliphatic hydroxyl groups is 5. The molecule has 10 nitrogen and oxygen atoms in total. The first-order chi connectivity index (χ1) is 14.9. The molecule has 0 radical (unpaired) electrons. The van der Waals surface area contributed by atoms with Crippen LogP contribution < -0.4 is 5.73 Å². The van der Waals surface area contributed by atoms with E-state index in [4.69, 9.17) is 5.73 Å². The van der Waals surface area contributed by atoms with Crippen molar-refractivity contribution < 1.29 is 40.2 Å². The van der Waals surface area contributed by atoms with Crippen LogP contribution in [0.5, 0.6) is 5.75 Å². The topological polar surface area (TPSA) is 185 Å². The zero-order valence-corrected chi connectivity index (χ0v) is 17.7. The molecule has 1 aromatic rings. The number of ketones is 1. The first-order valence-electron chi connectivity index (χ1n) is 10.1. The van der Waals surface area contributed by atoms with Crippen LogP contribution in [0.2, 0.25) is 0 Å². The number of Topliss-reactive ketones (excluding diaryl/α,β-unsaturated/α-hetero) is 1. The lowest BCUT2D eigenvalue weighted by Gasteiger charge is -2.56. The number of benzene rings is 1. The van der Waals surface area contributed by atoms with Crippen molar-refractivity contribution in [3.63, 3.8) is 0 Å². The molecule has 0 heterocycles. The summed E-state index contributed by atoms with van der Waals surface area (Å²) in [5.74, 6) is -6.95. The van der Waals surface area contributed by atoms with Crippen LogP contribution in [0.25, 0.3) is 5.76 Å². The van der Waals surface area contributed by atoms with E-state index in [0.29, 0.717) is 5.56 Å². The van der Waals surface area contributed by atoms with Gasteiger partial charge < -0.3 is 36.4 Å². The highest BCUT2D eigenvalue weighted by molar-refractivity contribution is 6.11. The average molecular weight is 446 g/mol. The number of nitrogens with two attached hydrogens (primary N) is 1. The highest BCUT2D eigenvalue weighted by Crippen LogP contribution is 2.56. The number of primary amides is 1. The summed E-state index contributed by atoms with van der Waals surface area (Å²) in [6.45, 7) is 1.70. The molecule has 10 heteroatoms. The van der Waals surface area contributed by atoms with Crippen molar-refractivity contribution in [2.75, 3.05) is 14.1 Å². The fraction of sp³-hybridized carbons (Fsp3) is 0.455. The van der Waals surface area contributed by atoms with E-state index >= 15 is 0 Å². The van der Waals surface area contributed by atoms with Gasteiger partial charge in [0.2, 0.25) is 0 Å². The molecule has 0 aromatic heterocycles. The van der Waals surface area contributed by atoms with Crippen molar-refractivity contribution in [3.05, 3.63) is 46.2 Å². The molecular weight excluding hydrogens is 420 g/mol. The Kier molecular flexibility index (Phi) is 4.90. The Balaban J connectivity index is 2.03. The van der Waals surface area contributed by atoms with E-state index in [1.807, 2.05) is 0 Å². The number of hydrogen-bond acceptors (Lipinski definition) is 9. The van der Waals surface area contributed by atoms with Gasteiger partial charge in [0.25, 0.3) is 5.91 Å². The Hall–Kier alpha value is -2.92. The second-order valence-electron chi connectivity index (χ2n) is 8.96. The van der Waals surface area contributed by atoms with E-state index < -0.39 is 70.4 Å². The number of carbonyl (C=O) groups excluding carboxylic acids is 2. The standard InChI is InChI=1S/C22H26N2O8/c1-7-8-5-4-6-9(25)11(8)16(26)12-10(7)17(27)14-15(24(2)3)18(28)13(21(23)31)20(30)22(14,32)19(12)29/h4-7,10,14-15,17,20,25-28,30,32H,1-3H3,(H2,23,31)/t7-,10+,14+,15-,17-,20?,22-/m0/s1. The van der Waals surface area contributed by atoms with Crippen molar-refractivity contribution in [2.24, 2.45) is 17.6 Å². The number of nitrogens with zero attached hydrogens (tertiary/aromatic N) is 1. The fourth-order valence-corrected chi connectivity index (χ4v) is 5.76. The molecule has 7 atom stereocenters. The molecule has 0 spiro atoms. The maximum atomic E-state index is 13.7. The van der Waals surface area contributed by atoms with Crippen LogP contribution in [0, 0.1) is 11.8 Å². The van der Waals surface area contributed by atoms with Gasteiger partial charge >= 0.3 is 0 Å². The minimum absolute atomic E-state index is 0.00294. The molecule has 1 amide bonds. The molecule has 1 fully saturated rings. The minimum atomic E-state index is -2.77. The summed E-state index contributed by atoms with van der Waals surface area (Å²) in [6, 6.07) is 3.31. The quantitative estimate of drug-likeness (QED) is 0.308. The molecule has 172 valence electrons. The highest BCUT2D eigenvalue weighted by atomic mass is 16.4. The summed E-state index contributed by atoms with van der Waals surface area (Å²) in [6.07, 6.45) is -3.77. The van der Waals surface area contributed by atoms with Crippen LogP contribution in [-0.2, 0) is 9.59 Å². The number of likely N-dealkylation sites (N-methyl/N-ethyl adjacent to an activating group) is 1. The predicted octanol–water partition coefficient (Wildman–Crippen LogP) is -0.712. The molecule has 0 saturated heterocycles. The molecule has 1 unspecified atom stereocenters. The Bertz CT molecular complexity index is 1090. The van der Waals surface area contributed by atoms with Gasteiger partial charge in [0.1, 0.15) is 23.4 Å². The van der Waals surface area contributed by atoms with Gasteiger partial charge in [-0.15, -0.1) is 0 Å². The number of carbonyl (C=O) groups is 2. The van der Waals surface area contributed by atoms with Gasteiger partial charge in [-0.2, -0.15) is 0 Å². The van der Waals surface area contributed by atoms with Crippen molar-refractivity contribution >= 4 is 17.4 Å². The van der Waals surface area contributed by atoms with Gasteiger partial charge in [-0.05, 0) is 31.6 Å². The predicted molar refractivity (Wildman–Crippen MR) is 111 cm³/mol. The van der Waals surface area contributed by atoms with Crippen LogP contribution in [0.4, 0.5) is 0 Å². The van der Waals surface area contributed by atoms with Crippen molar-refractivity contribution in [1.29, 1.82) is 0 Å². The summed E-state index contributed by atoms with van der Waals surface area (Å²) >= 11 is 0. The molecule has 3 aliphatic carbocycles. The lowest BCUT2D eigenvalue weighted by molar-refractivity contribution is -0.190. The third kappa shape index (κ3) is 2.54. The first kappa shape index (κ1) is 22.3. The number of amides is 1. The molecule has 32 heavy (non-hydrogen) atoms. The molecule has 3 aliphatic rings. The number of hydrogen-bond donors (Lipinski definition) is 7. The SMILES string of the molecule is C[C@H]1c2cccc(O)c2C(O)=C2C(=O)[C@]3(O)C(O)C(C(N)=O)=C(O)[C@@H](N(C)C)[C@@H]3[C@@H](O)[C@@H]21. The van der Waals surface area contributed by atoms with Gasteiger partial charge in [0.15, 0.2) is 11.4 Å². The average Bonchev–Trinajstić information content (AvgIpc) is 2.70. The molecule has 0 aliphatic heterocycles. The van der Waals surface area contributed by atoms with E-state index in [9.17, 15) is 40.2 Å². The van der Waals surface area contributed by atoms with Gasteiger partial charge in [-0.1, -0.05) is 19.1 Å². The summed E-state index contributed by atoms with van der Waals surface area (Å²) in [4.78, 5) is 27.1. The molecule has 1 aromatic carbocycles. The Morgan fingerprint density at radius 2 is 1.78 bits per heavy atom. The Labute approximate surface area is 183 Å². The second kappa shape index (κ2) is 7.04. The maximum absolute atomic E-state index is 13.7. The van der Waals surface area contributed by atoms with E-state index in [1.54, 1.807) is 19.1 Å². The van der Waals surface area contributed by atoms with E-state index in [-0.39, 0.29) is 16.9 Å². The van der Waals surface area contributed by atoms with Gasteiger partial charge in [0.05, 0.1) is 23.3 Å². The molecule has 8 N–H and O–H groups in total. The lowest BCUT2D eigenvalue weighted by Crippen LogP contribution is -2.72. The number of aromatic hydroxyl groups is 1. The van der Waals surface area contributed by atoms with Gasteiger partial charge in [-0.25, -0.2) is 0 Å². The smallest absolute Gasteiger partial charge is 0.250 e. The third-order valence-corrected chi connectivity index (χ3v) is 7.19. The second-order valence-corrected chi connectivity index (χ2v) is 8.96. The first-order valence-corrected chi connectivity index (χ1v) is 10.1. The molecule has 0 bridgehead atoms. The normalized spacial score (nSPS) is 36.7. The van der Waals surface area contributed by atoms with Crippen molar-refractivity contribution in [3.8, 4) is 5.75 Å². The summed E-state index contributed by atoms with van der Waals surface area (Å²) in [5.41, 5.74) is 1.93. The van der Waals surface area contributed by atoms with Crippen LogP contribution in [0.3, 0.4) is 0 Å². The summed E-state index contributed by atoms with van der Waals surface area (Å²) in [7, 11) is 3.02. The number of rotatable bonds is 2. The van der Waals surface area contributed by atoms with Crippen LogP contribution >= 0.6 is 0 Å². The summed E-state index contributed by atoms with van der Waals surface area (Å²) in [5, 5.41) is 65.9. The van der Waals surface area contributed by atoms with E-state index in [1.165, 1.54) is 25.1 Å². The molecular formula is C22H26N2O8. The Morgan fingerprint density at radius 3 is 2.34 bits per heavy atom. The minimum Gasteiger partial charge on any atom is -0.510 e. The maximum Gasteiger partial charge on any atom is 0.250 e. The monoisotopic (exact) mass is 446 g/mol. The van der Waals surface area contributed by atoms with Gasteiger partial charge in [-0.3, -0.25) is 14.5 Å². The summed E-state index contributed by atoms with van der Waals surface area (Å²) < 4.78 is 0. The number of aliphatic hydroxyl groups excluding tert-OH is 4. The van der Waals surface area contributed by atoms with Crippen LogP contribution in [0.1, 0.15) is 24.0 Å². The largest absolute Gasteiger partial charge is 0.510 e. The van der Waals surface area contributed by atoms with Crippen molar-refractivity contribution in [2.45, 2.75) is 36.7 Å². The highest BCUT2D eigenvalue weighted by Gasteiger charge is 2.68. The molecule has 4 rings (SSSR count). The van der Waals surface area contributed by atoms with Crippen molar-refractivity contribution in [1.82, 2.24) is 4.90 Å². The zero-order valence-electron chi connectivity index (χ0n) is 17.7. The number of phenols is 1. The van der Waals surface area contributed by atoms with Gasteiger partial charge in [0, 0.05) is 17.4 Å².